The van der Waals surface area contributed by atoms with Crippen LogP contribution >= 0.6 is 0 Å². The van der Waals surface area contributed by atoms with Crippen molar-refractivity contribution in [3.8, 4) is 23.3 Å². The van der Waals surface area contributed by atoms with Gasteiger partial charge in [0.25, 0.3) is 0 Å². The third kappa shape index (κ3) is 3.87. The fourth-order valence-corrected chi connectivity index (χ4v) is 1.74. The standard InChI is InChI=1S/C17H13NO4/c1-21-15-3-2-4-16(10-15)22-14-7-5-12(6-8-14)9-13(11-18)17(19)20/h2-10H,1H3,(H,19,20). The third-order valence-corrected chi connectivity index (χ3v) is 2.82. The SMILES string of the molecule is COc1cccc(Oc2ccc(C=C(C#N)C(=O)O)cc2)c1. The van der Waals surface area contributed by atoms with Crippen LogP contribution in [0, 0.1) is 11.3 Å². The van der Waals surface area contributed by atoms with Gasteiger partial charge in [-0.1, -0.05) is 18.2 Å². The molecule has 0 bridgehead atoms. The van der Waals surface area contributed by atoms with E-state index in [1.54, 1.807) is 49.6 Å². The van der Waals surface area contributed by atoms with Crippen LogP contribution in [0.4, 0.5) is 0 Å². The van der Waals surface area contributed by atoms with E-state index in [-0.39, 0.29) is 5.57 Å². The summed E-state index contributed by atoms with van der Waals surface area (Å²) in [5.41, 5.74) is 0.290. The monoisotopic (exact) mass is 295 g/mol. The molecule has 2 rings (SSSR count). The normalized spacial score (nSPS) is 10.6. The number of aliphatic carboxylic acids is 1. The second kappa shape index (κ2) is 6.95. The Bertz CT molecular complexity index is 742. The van der Waals surface area contributed by atoms with E-state index in [1.165, 1.54) is 6.08 Å². The van der Waals surface area contributed by atoms with E-state index in [9.17, 15) is 4.79 Å². The molecule has 0 saturated carbocycles. The van der Waals surface area contributed by atoms with Crippen LogP contribution in [0.5, 0.6) is 17.2 Å². The van der Waals surface area contributed by atoms with Gasteiger partial charge in [-0.15, -0.1) is 0 Å². The van der Waals surface area contributed by atoms with Gasteiger partial charge in [0.1, 0.15) is 28.9 Å². The Kier molecular flexibility index (Phi) is 4.78. The molecule has 0 saturated heterocycles. The lowest BCUT2D eigenvalue weighted by atomic mass is 10.1. The molecule has 5 heteroatoms. The van der Waals surface area contributed by atoms with Crippen molar-refractivity contribution in [2.24, 2.45) is 0 Å². The first-order chi connectivity index (χ1) is 10.6. The number of nitriles is 1. The molecule has 0 amide bonds. The van der Waals surface area contributed by atoms with Gasteiger partial charge in [-0.05, 0) is 35.9 Å². The minimum Gasteiger partial charge on any atom is -0.497 e. The van der Waals surface area contributed by atoms with Gasteiger partial charge >= 0.3 is 5.97 Å². The van der Waals surface area contributed by atoms with Crippen molar-refractivity contribution < 1.29 is 19.4 Å². The van der Waals surface area contributed by atoms with Gasteiger partial charge in [0.05, 0.1) is 7.11 Å². The Labute approximate surface area is 127 Å². The first-order valence-electron chi connectivity index (χ1n) is 6.39. The molecule has 0 fully saturated rings. The molecule has 0 unspecified atom stereocenters. The van der Waals surface area contributed by atoms with Crippen molar-refractivity contribution in [3.05, 3.63) is 59.7 Å². The second-order valence-electron chi connectivity index (χ2n) is 4.33. The summed E-state index contributed by atoms with van der Waals surface area (Å²) in [6.07, 6.45) is 1.30. The Balaban J connectivity index is 2.15. The largest absolute Gasteiger partial charge is 0.497 e. The van der Waals surface area contributed by atoms with E-state index >= 15 is 0 Å². The number of rotatable bonds is 5. The van der Waals surface area contributed by atoms with Crippen LogP contribution in [0.25, 0.3) is 6.08 Å². The minimum atomic E-state index is -1.25. The fourth-order valence-electron chi connectivity index (χ4n) is 1.74. The molecule has 2 aromatic carbocycles. The number of nitrogens with zero attached hydrogens (tertiary/aromatic N) is 1. The zero-order chi connectivity index (χ0) is 15.9. The van der Waals surface area contributed by atoms with Crippen molar-refractivity contribution in [3.63, 3.8) is 0 Å². The molecule has 0 aliphatic rings. The first-order valence-corrected chi connectivity index (χ1v) is 6.39. The quantitative estimate of drug-likeness (QED) is 0.674. The third-order valence-electron chi connectivity index (χ3n) is 2.82. The Morgan fingerprint density at radius 2 is 1.82 bits per heavy atom. The van der Waals surface area contributed by atoms with Crippen LogP contribution in [-0.2, 0) is 4.79 Å². The molecule has 110 valence electrons. The molecule has 0 aliphatic heterocycles. The lowest BCUT2D eigenvalue weighted by molar-refractivity contribution is -0.132. The van der Waals surface area contributed by atoms with Gasteiger partial charge in [-0.2, -0.15) is 5.26 Å². The van der Waals surface area contributed by atoms with Crippen molar-refractivity contribution in [2.75, 3.05) is 7.11 Å². The summed E-state index contributed by atoms with van der Waals surface area (Å²) in [6.45, 7) is 0. The zero-order valence-electron chi connectivity index (χ0n) is 11.8. The average Bonchev–Trinajstić information content (AvgIpc) is 2.54. The van der Waals surface area contributed by atoms with Crippen molar-refractivity contribution >= 4 is 12.0 Å². The summed E-state index contributed by atoms with van der Waals surface area (Å²) < 4.78 is 10.8. The van der Waals surface area contributed by atoms with E-state index in [0.29, 0.717) is 22.8 Å². The Morgan fingerprint density at radius 1 is 1.14 bits per heavy atom. The van der Waals surface area contributed by atoms with Crippen LogP contribution in [-0.4, -0.2) is 18.2 Å². The predicted molar refractivity (Wildman–Crippen MR) is 80.7 cm³/mol. The highest BCUT2D eigenvalue weighted by Gasteiger charge is 2.05. The van der Waals surface area contributed by atoms with Crippen molar-refractivity contribution in [1.29, 1.82) is 5.26 Å². The summed E-state index contributed by atoms with van der Waals surface area (Å²) in [4.78, 5) is 10.8. The van der Waals surface area contributed by atoms with Crippen molar-refractivity contribution in [1.82, 2.24) is 0 Å². The molecular formula is C17H13NO4. The Morgan fingerprint density at radius 3 is 2.41 bits per heavy atom. The van der Waals surface area contributed by atoms with Crippen LogP contribution in [0.1, 0.15) is 5.56 Å². The maximum Gasteiger partial charge on any atom is 0.346 e. The molecule has 0 atom stereocenters. The number of carboxylic acids is 1. The van der Waals surface area contributed by atoms with Crippen molar-refractivity contribution in [2.45, 2.75) is 0 Å². The van der Waals surface area contributed by atoms with Crippen LogP contribution in [0.3, 0.4) is 0 Å². The summed E-state index contributed by atoms with van der Waals surface area (Å²) >= 11 is 0. The van der Waals surface area contributed by atoms with Crippen LogP contribution in [0.15, 0.2) is 54.1 Å². The molecule has 1 N–H and O–H groups in total. The van der Waals surface area contributed by atoms with Crippen LogP contribution in [0.2, 0.25) is 0 Å². The summed E-state index contributed by atoms with van der Waals surface area (Å²) in [5, 5.41) is 17.5. The molecule has 0 aromatic heterocycles. The lowest BCUT2D eigenvalue weighted by Gasteiger charge is -2.07. The van der Waals surface area contributed by atoms with E-state index in [2.05, 4.69) is 0 Å². The molecule has 0 spiro atoms. The van der Waals surface area contributed by atoms with E-state index in [1.807, 2.05) is 12.1 Å². The molecule has 5 nitrogen and oxygen atoms in total. The van der Waals surface area contributed by atoms with Gasteiger partial charge in [-0.25, -0.2) is 4.79 Å². The summed E-state index contributed by atoms with van der Waals surface area (Å²) in [7, 11) is 1.58. The van der Waals surface area contributed by atoms with Gasteiger partial charge in [-0.3, -0.25) is 0 Å². The lowest BCUT2D eigenvalue weighted by Crippen LogP contribution is -1.97. The number of hydrogen-bond acceptors (Lipinski definition) is 4. The summed E-state index contributed by atoms with van der Waals surface area (Å²) in [5.74, 6) is 0.668. The molecule has 0 radical (unpaired) electrons. The second-order valence-corrected chi connectivity index (χ2v) is 4.33. The zero-order valence-corrected chi connectivity index (χ0v) is 11.8. The number of ether oxygens (including phenoxy) is 2. The van der Waals surface area contributed by atoms with E-state index < -0.39 is 5.97 Å². The predicted octanol–water partition coefficient (Wildman–Crippen LogP) is 3.48. The average molecular weight is 295 g/mol. The molecule has 2 aromatic rings. The maximum absolute atomic E-state index is 10.8. The Hall–Kier alpha value is -3.26. The molecule has 0 aliphatic carbocycles. The highest BCUT2D eigenvalue weighted by Crippen LogP contribution is 2.25. The number of hydrogen-bond donors (Lipinski definition) is 1. The number of benzene rings is 2. The van der Waals surface area contributed by atoms with Gasteiger partial charge in [0.2, 0.25) is 0 Å². The van der Waals surface area contributed by atoms with Gasteiger partial charge < -0.3 is 14.6 Å². The first kappa shape index (κ1) is 15.1. The number of methoxy groups -OCH3 is 1. The highest BCUT2D eigenvalue weighted by molar-refractivity contribution is 5.96. The van der Waals surface area contributed by atoms with E-state index in [0.717, 1.165) is 0 Å². The van der Waals surface area contributed by atoms with Gasteiger partial charge in [0, 0.05) is 6.07 Å². The maximum atomic E-state index is 10.8. The molecule has 0 heterocycles. The number of carbonyl (C=O) groups is 1. The topological polar surface area (TPSA) is 79.5 Å². The van der Waals surface area contributed by atoms with Gasteiger partial charge in [0.15, 0.2) is 0 Å². The number of carboxylic acid groups (broad SMARTS) is 1. The summed E-state index contributed by atoms with van der Waals surface area (Å²) in [6, 6.07) is 15.6. The highest BCUT2D eigenvalue weighted by atomic mass is 16.5. The fraction of sp³-hybridized carbons (Fsp3) is 0.0588. The smallest absolute Gasteiger partial charge is 0.346 e. The molecular weight excluding hydrogens is 282 g/mol. The molecule has 22 heavy (non-hydrogen) atoms. The van der Waals surface area contributed by atoms with Crippen LogP contribution < -0.4 is 9.47 Å². The minimum absolute atomic E-state index is 0.318. The van der Waals surface area contributed by atoms with E-state index in [4.69, 9.17) is 19.8 Å².